The first-order valence-electron chi connectivity index (χ1n) is 7.82. The van der Waals surface area contributed by atoms with Crippen LogP contribution in [0.4, 0.5) is 5.69 Å². The van der Waals surface area contributed by atoms with Gasteiger partial charge in [0, 0.05) is 12.2 Å². The highest BCUT2D eigenvalue weighted by atomic mass is 16.5. The van der Waals surface area contributed by atoms with Crippen molar-refractivity contribution in [1.29, 1.82) is 0 Å². The maximum atomic E-state index is 12.2. The Morgan fingerprint density at radius 1 is 1.43 bits per heavy atom. The van der Waals surface area contributed by atoms with Crippen LogP contribution in [0.3, 0.4) is 0 Å². The number of hydrogen-bond acceptors (Lipinski definition) is 3. The number of nitrogens with two attached hydrogens (primary N) is 1. The molecule has 1 saturated carbocycles. The number of ether oxygens (including phenoxy) is 1. The van der Waals surface area contributed by atoms with Crippen molar-refractivity contribution in [1.82, 2.24) is 5.32 Å². The lowest BCUT2D eigenvalue weighted by Crippen LogP contribution is -2.27. The number of carbonyl (C=O) groups is 1. The number of hydrogen-bond donors (Lipinski definition) is 2. The molecule has 0 heterocycles. The van der Waals surface area contributed by atoms with Crippen molar-refractivity contribution < 1.29 is 9.53 Å². The van der Waals surface area contributed by atoms with Crippen molar-refractivity contribution in [2.75, 3.05) is 19.4 Å². The first-order valence-corrected chi connectivity index (χ1v) is 7.82. The Balaban J connectivity index is 1.84. The van der Waals surface area contributed by atoms with Gasteiger partial charge in [0.2, 0.25) is 0 Å². The fourth-order valence-corrected chi connectivity index (χ4v) is 3.17. The van der Waals surface area contributed by atoms with Gasteiger partial charge in [-0.05, 0) is 42.9 Å². The summed E-state index contributed by atoms with van der Waals surface area (Å²) in [5, 5.41) is 2.98. The lowest BCUT2D eigenvalue weighted by Gasteiger charge is -2.26. The van der Waals surface area contributed by atoms with Crippen molar-refractivity contribution in [3.05, 3.63) is 23.8 Å². The highest BCUT2D eigenvalue weighted by Gasteiger charge is 2.19. The molecule has 0 spiro atoms. The highest BCUT2D eigenvalue weighted by molar-refractivity contribution is 5.99. The minimum atomic E-state index is -0.116. The summed E-state index contributed by atoms with van der Waals surface area (Å²) in [7, 11) is 1.58. The quantitative estimate of drug-likeness (QED) is 0.818. The standard InChI is InChI=1S/C17H26N2O2/c1-12-4-3-5-13(10-12)8-9-19-17(20)15-11-14(21-2)6-7-16(15)18/h6-7,11-13H,3-5,8-10,18H2,1-2H3,(H,19,20). The molecule has 1 aromatic carbocycles. The molecule has 1 aliphatic rings. The third kappa shape index (κ3) is 4.38. The van der Waals surface area contributed by atoms with E-state index in [4.69, 9.17) is 10.5 Å². The van der Waals surface area contributed by atoms with Gasteiger partial charge in [-0.1, -0.05) is 26.2 Å². The molecule has 2 rings (SSSR count). The lowest BCUT2D eigenvalue weighted by molar-refractivity contribution is 0.0950. The van der Waals surface area contributed by atoms with Crippen molar-refractivity contribution in [2.45, 2.75) is 39.0 Å². The van der Waals surface area contributed by atoms with Crippen LogP contribution in [-0.2, 0) is 0 Å². The maximum Gasteiger partial charge on any atom is 0.253 e. The molecule has 0 radical (unpaired) electrons. The zero-order valence-electron chi connectivity index (χ0n) is 13.0. The van der Waals surface area contributed by atoms with Gasteiger partial charge >= 0.3 is 0 Å². The van der Waals surface area contributed by atoms with Gasteiger partial charge in [-0.2, -0.15) is 0 Å². The average Bonchev–Trinajstić information content (AvgIpc) is 2.47. The lowest BCUT2D eigenvalue weighted by atomic mass is 9.81. The fraction of sp³-hybridized carbons (Fsp3) is 0.588. The summed E-state index contributed by atoms with van der Waals surface area (Å²) >= 11 is 0. The molecule has 0 saturated heterocycles. The predicted molar refractivity (Wildman–Crippen MR) is 85.5 cm³/mol. The second kappa shape index (κ2) is 7.34. The zero-order chi connectivity index (χ0) is 15.2. The van der Waals surface area contributed by atoms with Crippen LogP contribution in [0, 0.1) is 11.8 Å². The molecular weight excluding hydrogens is 264 g/mol. The Labute approximate surface area is 127 Å². The van der Waals surface area contributed by atoms with E-state index in [-0.39, 0.29) is 5.91 Å². The molecule has 1 fully saturated rings. The zero-order valence-corrected chi connectivity index (χ0v) is 13.0. The van der Waals surface area contributed by atoms with Crippen LogP contribution in [0.1, 0.15) is 49.4 Å². The van der Waals surface area contributed by atoms with E-state index < -0.39 is 0 Å². The Morgan fingerprint density at radius 2 is 2.24 bits per heavy atom. The van der Waals surface area contributed by atoms with E-state index in [1.165, 1.54) is 25.7 Å². The van der Waals surface area contributed by atoms with Crippen molar-refractivity contribution >= 4 is 11.6 Å². The van der Waals surface area contributed by atoms with E-state index in [1.807, 2.05) is 0 Å². The van der Waals surface area contributed by atoms with Crippen LogP contribution >= 0.6 is 0 Å². The molecule has 4 nitrogen and oxygen atoms in total. The largest absolute Gasteiger partial charge is 0.497 e. The second-order valence-corrected chi connectivity index (χ2v) is 6.14. The van der Waals surface area contributed by atoms with E-state index in [2.05, 4.69) is 12.2 Å². The molecule has 2 atom stereocenters. The van der Waals surface area contributed by atoms with Crippen LogP contribution in [0.2, 0.25) is 0 Å². The summed E-state index contributed by atoms with van der Waals surface area (Å²) in [6.07, 6.45) is 6.31. The molecule has 2 unspecified atom stereocenters. The molecular formula is C17H26N2O2. The Morgan fingerprint density at radius 3 is 2.95 bits per heavy atom. The Kier molecular flexibility index (Phi) is 5.48. The Hall–Kier alpha value is -1.71. The third-order valence-corrected chi connectivity index (χ3v) is 4.39. The number of benzene rings is 1. The van der Waals surface area contributed by atoms with E-state index in [0.29, 0.717) is 23.5 Å². The van der Waals surface area contributed by atoms with Gasteiger partial charge in [-0.15, -0.1) is 0 Å². The first-order chi connectivity index (χ1) is 10.1. The van der Waals surface area contributed by atoms with E-state index in [1.54, 1.807) is 25.3 Å². The number of methoxy groups -OCH3 is 1. The van der Waals surface area contributed by atoms with Gasteiger partial charge < -0.3 is 15.8 Å². The monoisotopic (exact) mass is 290 g/mol. The van der Waals surface area contributed by atoms with E-state index in [9.17, 15) is 4.79 Å². The summed E-state index contributed by atoms with van der Waals surface area (Å²) in [6, 6.07) is 5.15. The van der Waals surface area contributed by atoms with Crippen LogP contribution in [0.15, 0.2) is 18.2 Å². The first kappa shape index (κ1) is 15.7. The van der Waals surface area contributed by atoms with Crippen LogP contribution < -0.4 is 15.8 Å². The molecule has 0 bridgehead atoms. The summed E-state index contributed by atoms with van der Waals surface area (Å²) < 4.78 is 5.14. The third-order valence-electron chi connectivity index (χ3n) is 4.39. The van der Waals surface area contributed by atoms with Crippen LogP contribution in [-0.4, -0.2) is 19.6 Å². The number of carbonyl (C=O) groups excluding carboxylic acids is 1. The number of anilines is 1. The minimum Gasteiger partial charge on any atom is -0.497 e. The maximum absolute atomic E-state index is 12.2. The van der Waals surface area contributed by atoms with Crippen LogP contribution in [0.25, 0.3) is 0 Å². The SMILES string of the molecule is COc1ccc(N)c(C(=O)NCCC2CCCC(C)C2)c1. The summed E-state index contributed by atoms with van der Waals surface area (Å²) in [5.41, 5.74) is 6.84. The fourth-order valence-electron chi connectivity index (χ4n) is 3.17. The molecule has 1 aliphatic carbocycles. The number of amides is 1. The van der Waals surface area contributed by atoms with Gasteiger partial charge in [0.15, 0.2) is 0 Å². The molecule has 4 heteroatoms. The number of nitrogen functional groups attached to an aromatic ring is 1. The van der Waals surface area contributed by atoms with Gasteiger partial charge in [-0.25, -0.2) is 0 Å². The topological polar surface area (TPSA) is 64.3 Å². The second-order valence-electron chi connectivity index (χ2n) is 6.14. The van der Waals surface area contributed by atoms with Gasteiger partial charge in [0.05, 0.1) is 12.7 Å². The van der Waals surface area contributed by atoms with Gasteiger partial charge in [-0.3, -0.25) is 4.79 Å². The summed E-state index contributed by atoms with van der Waals surface area (Å²) in [5.74, 6) is 2.11. The molecule has 21 heavy (non-hydrogen) atoms. The van der Waals surface area contributed by atoms with Crippen LogP contribution in [0.5, 0.6) is 5.75 Å². The van der Waals surface area contributed by atoms with Crippen molar-refractivity contribution in [3.63, 3.8) is 0 Å². The van der Waals surface area contributed by atoms with Crippen molar-refractivity contribution in [3.8, 4) is 5.75 Å². The number of rotatable bonds is 5. The summed E-state index contributed by atoms with van der Waals surface area (Å²) in [4.78, 5) is 12.2. The van der Waals surface area contributed by atoms with E-state index in [0.717, 1.165) is 18.3 Å². The molecule has 116 valence electrons. The number of nitrogens with one attached hydrogen (secondary N) is 1. The van der Waals surface area contributed by atoms with Gasteiger partial charge in [0.1, 0.15) is 5.75 Å². The molecule has 1 amide bonds. The highest BCUT2D eigenvalue weighted by Crippen LogP contribution is 2.30. The molecule has 0 aliphatic heterocycles. The summed E-state index contributed by atoms with van der Waals surface area (Å²) in [6.45, 7) is 3.04. The average molecular weight is 290 g/mol. The molecule has 3 N–H and O–H groups in total. The molecule has 1 aromatic rings. The normalized spacial score (nSPS) is 21.8. The van der Waals surface area contributed by atoms with E-state index >= 15 is 0 Å². The smallest absolute Gasteiger partial charge is 0.253 e. The minimum absolute atomic E-state index is 0.116. The Bertz CT molecular complexity index is 488. The van der Waals surface area contributed by atoms with Crippen molar-refractivity contribution in [2.24, 2.45) is 11.8 Å². The molecule has 0 aromatic heterocycles. The predicted octanol–water partition coefficient (Wildman–Crippen LogP) is 3.22. The van der Waals surface area contributed by atoms with Gasteiger partial charge in [0.25, 0.3) is 5.91 Å².